The third-order valence-electron chi connectivity index (χ3n) is 3.78. The van der Waals surface area contributed by atoms with E-state index in [0.29, 0.717) is 5.56 Å². The summed E-state index contributed by atoms with van der Waals surface area (Å²) >= 11 is 0. The van der Waals surface area contributed by atoms with E-state index in [2.05, 4.69) is 5.32 Å². The molecule has 128 valence electrons. The summed E-state index contributed by atoms with van der Waals surface area (Å²) < 4.78 is 23.0. The van der Waals surface area contributed by atoms with Crippen LogP contribution in [0, 0.1) is 0 Å². The van der Waals surface area contributed by atoms with E-state index < -0.39 is 9.84 Å². The van der Waals surface area contributed by atoms with Crippen LogP contribution in [0.4, 0.5) is 5.69 Å². The Hall–Kier alpha value is -2.34. The van der Waals surface area contributed by atoms with Crippen molar-refractivity contribution < 1.29 is 13.2 Å². The summed E-state index contributed by atoms with van der Waals surface area (Å²) in [4.78, 5) is 14.6. The Morgan fingerprint density at radius 1 is 1.08 bits per heavy atom. The van der Waals surface area contributed by atoms with Crippen LogP contribution in [0.25, 0.3) is 0 Å². The van der Waals surface area contributed by atoms with E-state index in [-0.39, 0.29) is 16.8 Å². The van der Waals surface area contributed by atoms with Crippen molar-refractivity contribution in [2.45, 2.75) is 17.9 Å². The lowest BCUT2D eigenvalue weighted by atomic mass is 10.1. The van der Waals surface area contributed by atoms with Crippen LogP contribution in [-0.4, -0.2) is 34.7 Å². The summed E-state index contributed by atoms with van der Waals surface area (Å²) in [6, 6.07) is 13.7. The second-order valence-corrected chi connectivity index (χ2v) is 8.00. The highest BCUT2D eigenvalue weighted by molar-refractivity contribution is 7.90. The van der Waals surface area contributed by atoms with Gasteiger partial charge in [0, 0.05) is 31.6 Å². The van der Waals surface area contributed by atoms with Gasteiger partial charge in [0.1, 0.15) is 0 Å². The monoisotopic (exact) mass is 346 g/mol. The number of hydrogen-bond donors (Lipinski definition) is 1. The molecule has 0 spiro atoms. The van der Waals surface area contributed by atoms with Gasteiger partial charge in [-0.2, -0.15) is 0 Å². The molecule has 24 heavy (non-hydrogen) atoms. The number of amides is 1. The Morgan fingerprint density at radius 2 is 1.71 bits per heavy atom. The van der Waals surface area contributed by atoms with E-state index in [0.717, 1.165) is 11.3 Å². The van der Waals surface area contributed by atoms with Gasteiger partial charge in [-0.25, -0.2) is 8.42 Å². The average molecular weight is 346 g/mol. The number of carbonyl (C=O) groups excluding carboxylic acids is 1. The smallest absolute Gasteiger partial charge is 0.251 e. The molecule has 1 amide bonds. The van der Waals surface area contributed by atoms with Crippen LogP contribution in [0.3, 0.4) is 0 Å². The van der Waals surface area contributed by atoms with Gasteiger partial charge in [0.05, 0.1) is 10.9 Å². The molecule has 0 aliphatic heterocycles. The van der Waals surface area contributed by atoms with Crippen LogP contribution in [0.1, 0.15) is 28.9 Å². The van der Waals surface area contributed by atoms with Crippen molar-refractivity contribution in [2.75, 3.05) is 25.3 Å². The molecule has 0 aliphatic carbocycles. The normalized spacial score (nSPS) is 12.5. The van der Waals surface area contributed by atoms with Gasteiger partial charge in [0.15, 0.2) is 9.84 Å². The minimum absolute atomic E-state index is 0.168. The molecule has 0 aromatic heterocycles. The van der Waals surface area contributed by atoms with Crippen LogP contribution in [0.15, 0.2) is 53.4 Å². The highest BCUT2D eigenvalue weighted by atomic mass is 32.2. The number of nitrogens with one attached hydrogen (secondary N) is 1. The van der Waals surface area contributed by atoms with Crippen molar-refractivity contribution >= 4 is 21.4 Å². The minimum atomic E-state index is -3.22. The summed E-state index contributed by atoms with van der Waals surface area (Å²) in [5, 5.41) is 2.93. The van der Waals surface area contributed by atoms with E-state index in [4.69, 9.17) is 0 Å². The molecule has 0 saturated carbocycles. The molecule has 0 heterocycles. The van der Waals surface area contributed by atoms with Crippen molar-refractivity contribution in [1.29, 1.82) is 0 Å². The summed E-state index contributed by atoms with van der Waals surface area (Å²) in [5.74, 6) is -0.168. The first-order chi connectivity index (χ1) is 11.2. The van der Waals surface area contributed by atoms with E-state index in [1.165, 1.54) is 6.26 Å². The standard InChI is InChI=1S/C18H22N2O3S/c1-13(14-8-10-17(11-9-14)24(4,22)23)19-18(21)15-6-5-7-16(12-15)20(2)3/h5-13H,1-4H3,(H,19,21). The third kappa shape index (κ3) is 4.35. The second kappa shape index (κ2) is 7.05. The number of benzene rings is 2. The van der Waals surface area contributed by atoms with Crippen LogP contribution in [-0.2, 0) is 9.84 Å². The number of carbonyl (C=O) groups is 1. The molecular weight excluding hydrogens is 324 g/mol. The van der Waals surface area contributed by atoms with Crippen LogP contribution >= 0.6 is 0 Å². The van der Waals surface area contributed by atoms with Crippen LogP contribution in [0.2, 0.25) is 0 Å². The maximum absolute atomic E-state index is 12.4. The zero-order chi connectivity index (χ0) is 17.9. The topological polar surface area (TPSA) is 66.5 Å². The van der Waals surface area contributed by atoms with Gasteiger partial charge in [-0.05, 0) is 42.8 Å². The lowest BCUT2D eigenvalue weighted by Crippen LogP contribution is -2.26. The first-order valence-electron chi connectivity index (χ1n) is 7.57. The van der Waals surface area contributed by atoms with Crippen molar-refractivity contribution in [1.82, 2.24) is 5.32 Å². The fourth-order valence-electron chi connectivity index (χ4n) is 2.29. The number of anilines is 1. The zero-order valence-corrected chi connectivity index (χ0v) is 15.1. The van der Waals surface area contributed by atoms with Crippen molar-refractivity contribution in [3.63, 3.8) is 0 Å². The van der Waals surface area contributed by atoms with E-state index in [1.807, 2.05) is 44.1 Å². The Balaban J connectivity index is 2.13. The zero-order valence-electron chi connectivity index (χ0n) is 14.3. The van der Waals surface area contributed by atoms with E-state index >= 15 is 0 Å². The molecule has 1 atom stereocenters. The SMILES string of the molecule is CC(NC(=O)c1cccc(N(C)C)c1)c1ccc(S(C)(=O)=O)cc1. The van der Waals surface area contributed by atoms with Gasteiger partial charge in [-0.1, -0.05) is 18.2 Å². The number of rotatable bonds is 5. The predicted octanol–water partition coefficient (Wildman–Crippen LogP) is 2.65. The van der Waals surface area contributed by atoms with Crippen molar-refractivity contribution in [3.8, 4) is 0 Å². The molecule has 0 radical (unpaired) electrons. The second-order valence-electron chi connectivity index (χ2n) is 5.98. The molecule has 0 bridgehead atoms. The molecule has 6 heteroatoms. The van der Waals surface area contributed by atoms with Crippen LogP contribution < -0.4 is 10.2 Å². The molecule has 1 unspecified atom stereocenters. The van der Waals surface area contributed by atoms with Gasteiger partial charge >= 0.3 is 0 Å². The molecule has 2 rings (SSSR count). The summed E-state index contributed by atoms with van der Waals surface area (Å²) in [5.41, 5.74) is 2.38. The number of nitrogens with zero attached hydrogens (tertiary/aromatic N) is 1. The van der Waals surface area contributed by atoms with Gasteiger partial charge in [-0.3, -0.25) is 4.79 Å². The van der Waals surface area contributed by atoms with Gasteiger partial charge in [0.2, 0.25) is 0 Å². The fourth-order valence-corrected chi connectivity index (χ4v) is 2.92. The Morgan fingerprint density at radius 3 is 2.25 bits per heavy atom. The fraction of sp³-hybridized carbons (Fsp3) is 0.278. The molecule has 0 aliphatic rings. The largest absolute Gasteiger partial charge is 0.378 e. The Bertz CT molecular complexity index is 828. The molecule has 5 nitrogen and oxygen atoms in total. The van der Waals surface area contributed by atoms with E-state index in [1.54, 1.807) is 30.3 Å². The molecule has 2 aromatic carbocycles. The van der Waals surface area contributed by atoms with Crippen LogP contribution in [0.5, 0.6) is 0 Å². The Kier molecular flexibility index (Phi) is 5.29. The maximum atomic E-state index is 12.4. The maximum Gasteiger partial charge on any atom is 0.251 e. The summed E-state index contributed by atoms with van der Waals surface area (Å²) in [6.07, 6.45) is 1.17. The summed E-state index contributed by atoms with van der Waals surface area (Å²) in [6.45, 7) is 1.86. The highest BCUT2D eigenvalue weighted by Crippen LogP contribution is 2.18. The average Bonchev–Trinajstić information content (AvgIpc) is 2.54. The predicted molar refractivity (Wildman–Crippen MR) is 96.2 cm³/mol. The molecular formula is C18H22N2O3S. The van der Waals surface area contributed by atoms with E-state index in [9.17, 15) is 13.2 Å². The number of sulfone groups is 1. The Labute approximate surface area is 143 Å². The number of hydrogen-bond acceptors (Lipinski definition) is 4. The summed E-state index contributed by atoms with van der Waals surface area (Å²) in [7, 11) is 0.623. The first kappa shape index (κ1) is 18.0. The lowest BCUT2D eigenvalue weighted by Gasteiger charge is -2.17. The molecule has 0 saturated heterocycles. The minimum Gasteiger partial charge on any atom is -0.378 e. The quantitative estimate of drug-likeness (QED) is 0.904. The third-order valence-corrected chi connectivity index (χ3v) is 4.91. The van der Waals surface area contributed by atoms with Gasteiger partial charge in [-0.15, -0.1) is 0 Å². The van der Waals surface area contributed by atoms with Gasteiger partial charge < -0.3 is 10.2 Å². The highest BCUT2D eigenvalue weighted by Gasteiger charge is 2.13. The van der Waals surface area contributed by atoms with Gasteiger partial charge in [0.25, 0.3) is 5.91 Å². The molecule has 1 N–H and O–H groups in total. The molecule has 0 fully saturated rings. The van der Waals surface area contributed by atoms with Crippen molar-refractivity contribution in [3.05, 3.63) is 59.7 Å². The first-order valence-corrected chi connectivity index (χ1v) is 9.46. The molecule has 2 aromatic rings. The lowest BCUT2D eigenvalue weighted by molar-refractivity contribution is 0.0940. The van der Waals surface area contributed by atoms with Crippen molar-refractivity contribution in [2.24, 2.45) is 0 Å².